The van der Waals surface area contributed by atoms with E-state index >= 15 is 0 Å². The lowest BCUT2D eigenvalue weighted by Crippen LogP contribution is -2.37. The number of nitrogens with zero attached hydrogens (tertiary/aromatic N) is 1. The summed E-state index contributed by atoms with van der Waals surface area (Å²) in [5.74, 6) is -0.285. The number of benzene rings is 1. The lowest BCUT2D eigenvalue weighted by Gasteiger charge is -2.29. The van der Waals surface area contributed by atoms with Crippen LogP contribution in [0.1, 0.15) is 25.8 Å². The van der Waals surface area contributed by atoms with E-state index in [4.69, 9.17) is 0 Å². The van der Waals surface area contributed by atoms with Crippen LogP contribution in [0, 0.1) is 5.92 Å². The summed E-state index contributed by atoms with van der Waals surface area (Å²) >= 11 is 0. The molecule has 0 aliphatic heterocycles. The quantitative estimate of drug-likeness (QED) is 0.355. The molecule has 1 unspecified atom stereocenters. The zero-order chi connectivity index (χ0) is 12.9. The second-order valence-electron chi connectivity index (χ2n) is 4.58. The second kappa shape index (κ2) is 5.64. The van der Waals surface area contributed by atoms with E-state index in [1.807, 2.05) is 30.3 Å². The van der Waals surface area contributed by atoms with Gasteiger partial charge in [-0.3, -0.25) is 0 Å². The second-order valence-corrected chi connectivity index (χ2v) is 4.58. The SMILES string of the molecule is C=CCC(/C(=N\O)c1ccccc1)C(C)(C)O. The third-order valence-corrected chi connectivity index (χ3v) is 2.76. The highest BCUT2D eigenvalue weighted by atomic mass is 16.4. The molecule has 1 atom stereocenters. The van der Waals surface area contributed by atoms with Crippen LogP contribution in [0.25, 0.3) is 0 Å². The summed E-state index contributed by atoms with van der Waals surface area (Å²) < 4.78 is 0. The predicted molar refractivity (Wildman–Crippen MR) is 69.4 cm³/mol. The molecule has 1 aromatic carbocycles. The van der Waals surface area contributed by atoms with Crippen molar-refractivity contribution in [1.82, 2.24) is 0 Å². The molecule has 3 heteroatoms. The molecule has 0 amide bonds. The van der Waals surface area contributed by atoms with Gasteiger partial charge in [-0.15, -0.1) is 6.58 Å². The van der Waals surface area contributed by atoms with Crippen molar-refractivity contribution in [2.24, 2.45) is 11.1 Å². The van der Waals surface area contributed by atoms with Crippen LogP contribution in [0.5, 0.6) is 0 Å². The van der Waals surface area contributed by atoms with Gasteiger partial charge in [0.05, 0.1) is 11.3 Å². The molecular weight excluding hydrogens is 214 g/mol. The van der Waals surface area contributed by atoms with E-state index in [1.165, 1.54) is 0 Å². The molecule has 1 aromatic rings. The Labute approximate surface area is 102 Å². The summed E-state index contributed by atoms with van der Waals surface area (Å²) in [7, 11) is 0. The van der Waals surface area contributed by atoms with E-state index in [-0.39, 0.29) is 5.92 Å². The predicted octanol–water partition coefficient (Wildman–Crippen LogP) is 2.83. The molecule has 0 aromatic heterocycles. The molecule has 0 radical (unpaired) electrons. The van der Waals surface area contributed by atoms with E-state index in [9.17, 15) is 10.3 Å². The highest BCUT2D eigenvalue weighted by Gasteiger charge is 2.31. The topological polar surface area (TPSA) is 52.8 Å². The van der Waals surface area contributed by atoms with Gasteiger partial charge in [0.15, 0.2) is 0 Å². The number of rotatable bonds is 5. The van der Waals surface area contributed by atoms with Crippen LogP contribution >= 0.6 is 0 Å². The summed E-state index contributed by atoms with van der Waals surface area (Å²) in [4.78, 5) is 0. The zero-order valence-electron chi connectivity index (χ0n) is 10.3. The third kappa shape index (κ3) is 3.43. The van der Waals surface area contributed by atoms with Crippen molar-refractivity contribution in [2.45, 2.75) is 25.9 Å². The van der Waals surface area contributed by atoms with Crippen LogP contribution in [-0.4, -0.2) is 21.6 Å². The van der Waals surface area contributed by atoms with E-state index in [1.54, 1.807) is 19.9 Å². The van der Waals surface area contributed by atoms with Gasteiger partial charge in [0.1, 0.15) is 0 Å². The van der Waals surface area contributed by atoms with Crippen molar-refractivity contribution in [1.29, 1.82) is 0 Å². The maximum Gasteiger partial charge on any atom is 0.0930 e. The smallest absolute Gasteiger partial charge is 0.0930 e. The van der Waals surface area contributed by atoms with E-state index in [0.717, 1.165) is 5.56 Å². The fourth-order valence-corrected chi connectivity index (χ4v) is 1.84. The van der Waals surface area contributed by atoms with Crippen LogP contribution in [0.2, 0.25) is 0 Å². The Bertz CT molecular complexity index is 390. The first kappa shape index (κ1) is 13.5. The number of oxime groups is 1. The lowest BCUT2D eigenvalue weighted by atomic mass is 9.81. The largest absolute Gasteiger partial charge is 0.411 e. The van der Waals surface area contributed by atoms with Gasteiger partial charge in [-0.25, -0.2) is 0 Å². The van der Waals surface area contributed by atoms with Crippen molar-refractivity contribution >= 4 is 5.71 Å². The minimum absolute atomic E-state index is 0.285. The van der Waals surface area contributed by atoms with Gasteiger partial charge in [0, 0.05) is 5.92 Å². The van der Waals surface area contributed by atoms with Crippen molar-refractivity contribution in [2.75, 3.05) is 0 Å². The molecular formula is C14H19NO2. The van der Waals surface area contributed by atoms with E-state index in [0.29, 0.717) is 12.1 Å². The Morgan fingerprint density at radius 1 is 1.41 bits per heavy atom. The first-order chi connectivity index (χ1) is 8.00. The lowest BCUT2D eigenvalue weighted by molar-refractivity contribution is 0.0448. The van der Waals surface area contributed by atoms with Crippen molar-refractivity contribution in [3.05, 3.63) is 48.6 Å². The standard InChI is InChI=1S/C14H19NO2/c1-4-8-12(14(2,3)16)13(15-17)11-9-6-5-7-10-11/h4-7,9-10,12,16-17H,1,8H2,2-3H3/b15-13-. The van der Waals surface area contributed by atoms with Gasteiger partial charge in [-0.05, 0) is 25.8 Å². The fourth-order valence-electron chi connectivity index (χ4n) is 1.84. The molecule has 1 rings (SSSR count). The van der Waals surface area contributed by atoms with Crippen LogP contribution in [-0.2, 0) is 0 Å². The number of allylic oxidation sites excluding steroid dienone is 1. The number of aliphatic hydroxyl groups is 1. The minimum Gasteiger partial charge on any atom is -0.411 e. The average molecular weight is 233 g/mol. The molecule has 17 heavy (non-hydrogen) atoms. The van der Waals surface area contributed by atoms with Crippen LogP contribution in [0.4, 0.5) is 0 Å². The Kier molecular flexibility index (Phi) is 4.46. The molecule has 0 spiro atoms. The molecule has 0 heterocycles. The average Bonchev–Trinajstić information content (AvgIpc) is 2.29. The first-order valence-electron chi connectivity index (χ1n) is 5.61. The molecule has 92 valence electrons. The monoisotopic (exact) mass is 233 g/mol. The van der Waals surface area contributed by atoms with Crippen molar-refractivity contribution in [3.8, 4) is 0 Å². The summed E-state index contributed by atoms with van der Waals surface area (Å²) in [5.41, 5.74) is 0.327. The summed E-state index contributed by atoms with van der Waals surface area (Å²) in [6.07, 6.45) is 2.27. The van der Waals surface area contributed by atoms with Crippen LogP contribution in [0.3, 0.4) is 0 Å². The molecule has 0 aliphatic carbocycles. The van der Waals surface area contributed by atoms with Crippen molar-refractivity contribution < 1.29 is 10.3 Å². The van der Waals surface area contributed by atoms with E-state index in [2.05, 4.69) is 11.7 Å². The maximum absolute atomic E-state index is 10.1. The molecule has 0 fully saturated rings. The minimum atomic E-state index is -0.967. The Morgan fingerprint density at radius 3 is 2.41 bits per heavy atom. The Hall–Kier alpha value is -1.61. The molecule has 3 nitrogen and oxygen atoms in total. The summed E-state index contributed by atoms with van der Waals surface area (Å²) in [5, 5.41) is 22.7. The van der Waals surface area contributed by atoms with Gasteiger partial charge >= 0.3 is 0 Å². The Balaban J connectivity index is 3.12. The van der Waals surface area contributed by atoms with Crippen LogP contribution < -0.4 is 0 Å². The van der Waals surface area contributed by atoms with Gasteiger partial charge in [-0.1, -0.05) is 41.6 Å². The Morgan fingerprint density at radius 2 is 2.00 bits per heavy atom. The number of hydrogen-bond donors (Lipinski definition) is 2. The summed E-state index contributed by atoms with van der Waals surface area (Å²) in [6, 6.07) is 9.35. The van der Waals surface area contributed by atoms with Crippen molar-refractivity contribution in [3.63, 3.8) is 0 Å². The summed E-state index contributed by atoms with van der Waals surface area (Å²) in [6.45, 7) is 7.08. The highest BCUT2D eigenvalue weighted by molar-refractivity contribution is 6.02. The van der Waals surface area contributed by atoms with E-state index < -0.39 is 5.60 Å². The van der Waals surface area contributed by atoms with Gasteiger partial charge in [-0.2, -0.15) is 0 Å². The first-order valence-corrected chi connectivity index (χ1v) is 5.61. The van der Waals surface area contributed by atoms with Gasteiger partial charge < -0.3 is 10.3 Å². The van der Waals surface area contributed by atoms with Crippen LogP contribution in [0.15, 0.2) is 48.1 Å². The zero-order valence-corrected chi connectivity index (χ0v) is 10.3. The molecule has 0 bridgehead atoms. The normalized spacial score (nSPS) is 14.4. The number of hydrogen-bond acceptors (Lipinski definition) is 3. The molecule has 2 N–H and O–H groups in total. The molecule has 0 aliphatic rings. The third-order valence-electron chi connectivity index (χ3n) is 2.76. The molecule has 0 saturated carbocycles. The highest BCUT2D eigenvalue weighted by Crippen LogP contribution is 2.25. The maximum atomic E-state index is 10.1. The molecule has 0 saturated heterocycles. The fraction of sp³-hybridized carbons (Fsp3) is 0.357. The van der Waals surface area contributed by atoms with Gasteiger partial charge in [0.2, 0.25) is 0 Å². The van der Waals surface area contributed by atoms with Gasteiger partial charge in [0.25, 0.3) is 0 Å².